The number of carbonyl (C=O) groups excluding carboxylic acids is 2. The number of carbonyl (C=O) groups is 2. The fraction of sp³-hybridized carbons (Fsp3) is 0.333. The Bertz CT molecular complexity index is 1210. The molecule has 184 valence electrons. The fourth-order valence-electron chi connectivity index (χ4n) is 3.94. The maximum Gasteiger partial charge on any atom is 0.314 e. The molecule has 1 aliphatic rings. The highest BCUT2D eigenvalue weighted by Gasteiger charge is 2.45. The van der Waals surface area contributed by atoms with Gasteiger partial charge in [0.15, 0.2) is 5.67 Å². The molecule has 0 N–H and O–H groups in total. The summed E-state index contributed by atoms with van der Waals surface area (Å²) in [6.45, 7) is 1.32. The van der Waals surface area contributed by atoms with Crippen molar-refractivity contribution in [3.05, 3.63) is 65.8 Å². The third kappa shape index (κ3) is 5.18. The van der Waals surface area contributed by atoms with Crippen molar-refractivity contribution in [1.82, 2.24) is 15.1 Å². The number of hydrogen-bond acceptors (Lipinski definition) is 5. The van der Waals surface area contributed by atoms with E-state index in [4.69, 9.17) is 4.42 Å². The van der Waals surface area contributed by atoms with Gasteiger partial charge in [0, 0.05) is 49.7 Å². The van der Waals surface area contributed by atoms with Gasteiger partial charge >= 0.3 is 6.43 Å². The zero-order valence-corrected chi connectivity index (χ0v) is 18.8. The number of halogens is 4. The summed E-state index contributed by atoms with van der Waals surface area (Å²) in [5.74, 6) is -2.93. The number of anilines is 1. The molecule has 0 aliphatic carbocycles. The van der Waals surface area contributed by atoms with Crippen LogP contribution in [0.25, 0.3) is 11.5 Å². The minimum atomic E-state index is -2.96. The van der Waals surface area contributed by atoms with Crippen molar-refractivity contribution in [1.29, 1.82) is 0 Å². The molecular formula is C24H22F4N4O3. The first kappa shape index (κ1) is 24.4. The minimum Gasteiger partial charge on any atom is -0.415 e. The number of nitrogens with zero attached hydrogens (tertiary/aromatic N) is 4. The van der Waals surface area contributed by atoms with Crippen LogP contribution in [0.15, 0.2) is 52.9 Å². The van der Waals surface area contributed by atoms with E-state index in [1.54, 1.807) is 30.3 Å². The lowest BCUT2D eigenvalue weighted by Crippen LogP contribution is -2.53. The Kier molecular flexibility index (Phi) is 6.86. The highest BCUT2D eigenvalue weighted by Crippen LogP contribution is 2.33. The van der Waals surface area contributed by atoms with Gasteiger partial charge in [0.25, 0.3) is 11.8 Å². The van der Waals surface area contributed by atoms with Gasteiger partial charge < -0.3 is 14.2 Å². The van der Waals surface area contributed by atoms with E-state index in [0.29, 0.717) is 5.69 Å². The van der Waals surface area contributed by atoms with Gasteiger partial charge in [-0.2, -0.15) is 8.78 Å². The van der Waals surface area contributed by atoms with Crippen LogP contribution in [0.4, 0.5) is 23.2 Å². The number of likely N-dealkylation sites (tertiary alicyclic amines) is 1. The first-order valence-corrected chi connectivity index (χ1v) is 10.9. The molecule has 2 heterocycles. The van der Waals surface area contributed by atoms with Gasteiger partial charge in [0.2, 0.25) is 11.8 Å². The fourth-order valence-corrected chi connectivity index (χ4v) is 3.94. The van der Waals surface area contributed by atoms with E-state index in [1.165, 1.54) is 28.9 Å². The molecule has 11 heteroatoms. The van der Waals surface area contributed by atoms with E-state index < -0.39 is 29.7 Å². The molecule has 1 aliphatic heterocycles. The van der Waals surface area contributed by atoms with Crippen LogP contribution < -0.4 is 4.90 Å². The van der Waals surface area contributed by atoms with Crippen LogP contribution in [0, 0.1) is 5.82 Å². The lowest BCUT2D eigenvalue weighted by molar-refractivity contribution is -0.139. The Morgan fingerprint density at radius 1 is 1.11 bits per heavy atom. The van der Waals surface area contributed by atoms with Gasteiger partial charge in [-0.3, -0.25) is 9.59 Å². The molecule has 4 rings (SSSR count). The molecular weight excluding hydrogens is 468 g/mol. The van der Waals surface area contributed by atoms with Crippen LogP contribution in [0.5, 0.6) is 0 Å². The zero-order valence-electron chi connectivity index (χ0n) is 18.8. The smallest absolute Gasteiger partial charge is 0.314 e. The van der Waals surface area contributed by atoms with Gasteiger partial charge in [-0.05, 0) is 24.3 Å². The summed E-state index contributed by atoms with van der Waals surface area (Å²) >= 11 is 0. The molecule has 1 aromatic heterocycles. The maximum atomic E-state index is 15.8. The number of rotatable bonds is 6. The molecule has 0 unspecified atom stereocenters. The van der Waals surface area contributed by atoms with Gasteiger partial charge in [-0.25, -0.2) is 8.78 Å². The van der Waals surface area contributed by atoms with Crippen molar-refractivity contribution in [2.24, 2.45) is 0 Å². The highest BCUT2D eigenvalue weighted by molar-refractivity contribution is 5.99. The summed E-state index contributed by atoms with van der Waals surface area (Å²) < 4.78 is 61.1. The van der Waals surface area contributed by atoms with E-state index in [2.05, 4.69) is 10.2 Å². The second-order valence-electron chi connectivity index (χ2n) is 8.25. The molecule has 0 spiro atoms. The van der Waals surface area contributed by atoms with Crippen LogP contribution in [0.3, 0.4) is 0 Å². The van der Waals surface area contributed by atoms with E-state index in [9.17, 15) is 18.4 Å². The van der Waals surface area contributed by atoms with Crippen molar-refractivity contribution in [2.45, 2.75) is 38.4 Å². The Labute approximate surface area is 198 Å². The molecule has 1 fully saturated rings. The molecule has 35 heavy (non-hydrogen) atoms. The van der Waals surface area contributed by atoms with Gasteiger partial charge in [0.05, 0.1) is 6.54 Å². The molecule has 7 nitrogen and oxygen atoms in total. The normalized spacial score (nSPS) is 15.3. The molecule has 3 aromatic rings. The van der Waals surface area contributed by atoms with Crippen LogP contribution in [0.2, 0.25) is 0 Å². The average Bonchev–Trinajstić information content (AvgIpc) is 3.34. The summed E-state index contributed by atoms with van der Waals surface area (Å²) in [7, 11) is 0. The second kappa shape index (κ2) is 9.85. The standard InChI is InChI=1S/C24H22F4N4O3/c1-15(33)31-11-9-24(28,10-12-31)23(34)32(18-5-3-2-4-6-18)14-17-8-7-16(13-19(17)25)21-29-30-22(35-21)20(26)27/h2-8,13,20H,9-12,14H2,1H3. The predicted molar refractivity (Wildman–Crippen MR) is 118 cm³/mol. The number of amides is 2. The first-order chi connectivity index (χ1) is 16.7. The Morgan fingerprint density at radius 2 is 1.80 bits per heavy atom. The van der Waals surface area contributed by atoms with Gasteiger partial charge in [-0.15, -0.1) is 10.2 Å². The average molecular weight is 490 g/mol. The van der Waals surface area contributed by atoms with Crippen molar-refractivity contribution in [3.63, 3.8) is 0 Å². The number of para-hydroxylation sites is 1. The Morgan fingerprint density at radius 3 is 2.37 bits per heavy atom. The lowest BCUT2D eigenvalue weighted by atomic mass is 9.91. The molecule has 0 atom stereocenters. The SMILES string of the molecule is CC(=O)N1CCC(F)(C(=O)N(Cc2ccc(-c3nnc(C(F)F)o3)cc2F)c2ccccc2)CC1. The monoisotopic (exact) mass is 490 g/mol. The third-order valence-electron chi connectivity index (χ3n) is 5.95. The van der Waals surface area contributed by atoms with Crippen molar-refractivity contribution in [3.8, 4) is 11.5 Å². The van der Waals surface area contributed by atoms with E-state index in [1.807, 2.05) is 0 Å². The lowest BCUT2D eigenvalue weighted by Gasteiger charge is -2.38. The van der Waals surface area contributed by atoms with Gasteiger partial charge in [0.1, 0.15) is 5.82 Å². The first-order valence-electron chi connectivity index (χ1n) is 10.9. The van der Waals surface area contributed by atoms with Crippen LogP contribution in [0.1, 0.15) is 37.6 Å². The second-order valence-corrected chi connectivity index (χ2v) is 8.25. The van der Waals surface area contributed by atoms with Crippen LogP contribution in [-0.2, 0) is 16.1 Å². The molecule has 0 radical (unpaired) electrons. The molecule has 1 saturated heterocycles. The topological polar surface area (TPSA) is 79.5 Å². The van der Waals surface area contributed by atoms with E-state index in [-0.39, 0.29) is 55.4 Å². The van der Waals surface area contributed by atoms with Crippen LogP contribution in [-0.4, -0.2) is 45.7 Å². The van der Waals surface area contributed by atoms with E-state index in [0.717, 1.165) is 6.07 Å². The quantitative estimate of drug-likeness (QED) is 0.468. The van der Waals surface area contributed by atoms with Crippen molar-refractivity contribution >= 4 is 17.5 Å². The maximum absolute atomic E-state index is 15.8. The van der Waals surface area contributed by atoms with E-state index >= 15 is 8.78 Å². The Hall–Kier alpha value is -3.76. The molecule has 2 amide bonds. The minimum absolute atomic E-state index is 0.0734. The highest BCUT2D eigenvalue weighted by atomic mass is 19.3. The van der Waals surface area contributed by atoms with Crippen molar-refractivity contribution in [2.75, 3.05) is 18.0 Å². The number of piperidine rings is 1. The molecule has 0 saturated carbocycles. The van der Waals surface area contributed by atoms with Gasteiger partial charge in [-0.1, -0.05) is 24.3 Å². The largest absolute Gasteiger partial charge is 0.415 e. The number of benzene rings is 2. The molecule has 2 aromatic carbocycles. The summed E-state index contributed by atoms with van der Waals surface area (Å²) in [4.78, 5) is 27.6. The summed E-state index contributed by atoms with van der Waals surface area (Å²) in [5, 5.41) is 6.72. The summed E-state index contributed by atoms with van der Waals surface area (Å²) in [6, 6.07) is 12.1. The van der Waals surface area contributed by atoms with Crippen LogP contribution >= 0.6 is 0 Å². The third-order valence-corrected chi connectivity index (χ3v) is 5.95. The number of alkyl halides is 3. The number of aromatic nitrogens is 2. The summed E-state index contributed by atoms with van der Waals surface area (Å²) in [6.07, 6.45) is -3.29. The zero-order chi connectivity index (χ0) is 25.2. The number of hydrogen-bond donors (Lipinski definition) is 0. The molecule has 0 bridgehead atoms. The summed E-state index contributed by atoms with van der Waals surface area (Å²) in [5.41, 5.74) is -1.68. The Balaban J connectivity index is 1.60. The predicted octanol–water partition coefficient (Wildman–Crippen LogP) is 4.70. The van der Waals surface area contributed by atoms with Crippen molar-refractivity contribution < 1.29 is 31.6 Å².